The van der Waals surface area contributed by atoms with E-state index in [0.29, 0.717) is 0 Å². The SMILES string of the molecule is CN1c2ccccc2B(c2ccccc2)c2ccc3ccc4c(-c5ccccc5)ccc5cc1c2c3c54. The Morgan fingerprint density at radius 2 is 1.22 bits per heavy atom. The van der Waals surface area contributed by atoms with Crippen LogP contribution in [0.2, 0.25) is 0 Å². The number of hydrogen-bond donors (Lipinski definition) is 0. The van der Waals surface area contributed by atoms with E-state index < -0.39 is 0 Å². The molecule has 8 rings (SSSR count). The van der Waals surface area contributed by atoms with E-state index in [1.807, 2.05) is 0 Å². The Morgan fingerprint density at radius 3 is 2.05 bits per heavy atom. The fourth-order valence-corrected chi connectivity index (χ4v) is 6.63. The van der Waals surface area contributed by atoms with Gasteiger partial charge in [-0.05, 0) is 55.7 Å². The van der Waals surface area contributed by atoms with Crippen LogP contribution in [-0.2, 0) is 0 Å². The van der Waals surface area contributed by atoms with Gasteiger partial charge in [0.2, 0.25) is 6.71 Å². The lowest BCUT2D eigenvalue weighted by atomic mass is 9.36. The predicted molar refractivity (Wildman–Crippen MR) is 161 cm³/mol. The summed E-state index contributed by atoms with van der Waals surface area (Å²) in [5, 5.41) is 8.03. The normalized spacial score (nSPS) is 12.9. The molecule has 1 aliphatic heterocycles. The Labute approximate surface area is 217 Å². The minimum Gasteiger partial charge on any atom is -0.345 e. The van der Waals surface area contributed by atoms with Gasteiger partial charge in [0, 0.05) is 23.8 Å². The van der Waals surface area contributed by atoms with Gasteiger partial charge in [0.05, 0.1) is 0 Å². The Hall–Kier alpha value is -4.56. The number of rotatable bonds is 2. The Bertz CT molecular complexity index is 1940. The van der Waals surface area contributed by atoms with E-state index in [9.17, 15) is 0 Å². The Morgan fingerprint density at radius 1 is 0.514 bits per heavy atom. The highest BCUT2D eigenvalue weighted by Gasteiger charge is 2.32. The van der Waals surface area contributed by atoms with E-state index in [2.05, 4.69) is 139 Å². The van der Waals surface area contributed by atoms with Gasteiger partial charge in [-0.3, -0.25) is 0 Å². The highest BCUT2D eigenvalue weighted by atomic mass is 15.1. The average molecular weight is 469 g/mol. The summed E-state index contributed by atoms with van der Waals surface area (Å²) < 4.78 is 0. The Kier molecular flexibility index (Phi) is 4.30. The molecule has 0 fully saturated rings. The molecule has 1 aliphatic rings. The number of para-hydroxylation sites is 1. The van der Waals surface area contributed by atoms with Crippen LogP contribution in [0.15, 0.2) is 127 Å². The lowest BCUT2D eigenvalue weighted by Crippen LogP contribution is -2.52. The maximum Gasteiger partial charge on any atom is 0.244 e. The van der Waals surface area contributed by atoms with Crippen LogP contribution in [0.4, 0.5) is 11.4 Å². The van der Waals surface area contributed by atoms with Crippen LogP contribution < -0.4 is 21.3 Å². The number of fused-ring (bicyclic) bond motifs is 1. The molecule has 37 heavy (non-hydrogen) atoms. The molecule has 0 amide bonds. The highest BCUT2D eigenvalue weighted by molar-refractivity contribution is 6.98. The van der Waals surface area contributed by atoms with Gasteiger partial charge in [0.1, 0.15) is 0 Å². The van der Waals surface area contributed by atoms with Gasteiger partial charge < -0.3 is 4.90 Å². The van der Waals surface area contributed by atoms with Gasteiger partial charge >= 0.3 is 0 Å². The largest absolute Gasteiger partial charge is 0.345 e. The molecule has 0 spiro atoms. The third kappa shape index (κ3) is 2.87. The molecule has 172 valence electrons. The van der Waals surface area contributed by atoms with Crippen LogP contribution in [0.3, 0.4) is 0 Å². The maximum absolute atomic E-state index is 2.41. The van der Waals surface area contributed by atoms with Gasteiger partial charge in [-0.25, -0.2) is 0 Å². The van der Waals surface area contributed by atoms with E-state index in [1.165, 1.54) is 71.2 Å². The molecule has 0 unspecified atom stereocenters. The molecule has 0 atom stereocenters. The average Bonchev–Trinajstić information content (AvgIpc) is 3.07. The first-order valence-electron chi connectivity index (χ1n) is 13.0. The van der Waals surface area contributed by atoms with Crippen LogP contribution in [-0.4, -0.2) is 13.8 Å². The van der Waals surface area contributed by atoms with Gasteiger partial charge in [-0.2, -0.15) is 0 Å². The minimum absolute atomic E-state index is 0.166. The van der Waals surface area contributed by atoms with Crippen LogP contribution in [0.5, 0.6) is 0 Å². The number of anilines is 2. The van der Waals surface area contributed by atoms with Gasteiger partial charge in [-0.1, -0.05) is 126 Å². The van der Waals surface area contributed by atoms with E-state index in [-0.39, 0.29) is 6.71 Å². The van der Waals surface area contributed by atoms with Crippen LogP contribution >= 0.6 is 0 Å². The molecule has 0 N–H and O–H groups in total. The first-order valence-corrected chi connectivity index (χ1v) is 13.0. The predicted octanol–water partition coefficient (Wildman–Crippen LogP) is 6.85. The minimum atomic E-state index is 0.166. The van der Waals surface area contributed by atoms with Gasteiger partial charge in [0.15, 0.2) is 0 Å². The van der Waals surface area contributed by atoms with E-state index in [0.717, 1.165) is 0 Å². The summed E-state index contributed by atoms with van der Waals surface area (Å²) in [7, 11) is 2.23. The molecule has 1 heterocycles. The van der Waals surface area contributed by atoms with Crippen molar-refractivity contribution in [3.8, 4) is 11.1 Å². The molecule has 0 radical (unpaired) electrons. The molecular formula is C35H24BN. The van der Waals surface area contributed by atoms with E-state index in [4.69, 9.17) is 0 Å². The van der Waals surface area contributed by atoms with E-state index in [1.54, 1.807) is 0 Å². The molecule has 0 bridgehead atoms. The number of hydrogen-bond acceptors (Lipinski definition) is 1. The standard InChI is InChI=1S/C35H24BN/c1-37-31-15-9-8-14-29(31)36(26-12-6-3-7-13-26)30-21-18-24-16-20-28-27(23-10-4-2-5-11-23)19-17-25-22-32(37)35(30)34(24)33(25)28/h2-22H,1H3. The smallest absolute Gasteiger partial charge is 0.244 e. The summed E-state index contributed by atoms with van der Waals surface area (Å²) >= 11 is 0. The van der Waals surface area contributed by atoms with Crippen molar-refractivity contribution >= 4 is 66.8 Å². The lowest BCUT2D eigenvalue weighted by molar-refractivity contribution is 1.24. The first kappa shape index (κ1) is 20.6. The second kappa shape index (κ2) is 7.72. The van der Waals surface area contributed by atoms with Crippen molar-refractivity contribution in [1.82, 2.24) is 0 Å². The van der Waals surface area contributed by atoms with Gasteiger partial charge in [-0.15, -0.1) is 0 Å². The maximum atomic E-state index is 2.41. The zero-order valence-corrected chi connectivity index (χ0v) is 20.6. The summed E-state index contributed by atoms with van der Waals surface area (Å²) in [5.74, 6) is 0. The second-order valence-electron chi connectivity index (χ2n) is 10.2. The van der Waals surface area contributed by atoms with Crippen molar-refractivity contribution < 1.29 is 0 Å². The fraction of sp³-hybridized carbons (Fsp3) is 0.0286. The number of nitrogens with zero attached hydrogens (tertiary/aromatic N) is 1. The molecule has 0 saturated heterocycles. The number of benzene rings is 7. The highest BCUT2D eigenvalue weighted by Crippen LogP contribution is 2.44. The van der Waals surface area contributed by atoms with Crippen LogP contribution in [0, 0.1) is 0 Å². The molecule has 1 nitrogen and oxygen atoms in total. The third-order valence-electron chi connectivity index (χ3n) is 8.27. The van der Waals surface area contributed by atoms with Crippen molar-refractivity contribution in [1.29, 1.82) is 0 Å². The van der Waals surface area contributed by atoms with Crippen molar-refractivity contribution in [3.05, 3.63) is 127 Å². The third-order valence-corrected chi connectivity index (χ3v) is 8.27. The van der Waals surface area contributed by atoms with Crippen molar-refractivity contribution in [2.75, 3.05) is 11.9 Å². The van der Waals surface area contributed by atoms with Crippen molar-refractivity contribution in [3.63, 3.8) is 0 Å². The Balaban J connectivity index is 1.56. The summed E-state index contributed by atoms with van der Waals surface area (Å²) in [5.41, 5.74) is 9.16. The quantitative estimate of drug-likeness (QED) is 0.198. The second-order valence-corrected chi connectivity index (χ2v) is 10.2. The van der Waals surface area contributed by atoms with Crippen molar-refractivity contribution in [2.24, 2.45) is 0 Å². The van der Waals surface area contributed by atoms with E-state index >= 15 is 0 Å². The molecule has 0 aromatic heterocycles. The first-order chi connectivity index (χ1) is 18.3. The van der Waals surface area contributed by atoms with Crippen molar-refractivity contribution in [2.45, 2.75) is 0 Å². The lowest BCUT2D eigenvalue weighted by Gasteiger charge is -2.24. The van der Waals surface area contributed by atoms with Crippen LogP contribution in [0.25, 0.3) is 43.4 Å². The summed E-state index contributed by atoms with van der Waals surface area (Å²) in [4.78, 5) is 2.41. The molecule has 0 aliphatic carbocycles. The molecule has 2 heteroatoms. The zero-order valence-electron chi connectivity index (χ0n) is 20.6. The topological polar surface area (TPSA) is 3.24 Å². The molecule has 7 aromatic carbocycles. The summed E-state index contributed by atoms with van der Waals surface area (Å²) in [6.07, 6.45) is 0. The monoisotopic (exact) mass is 469 g/mol. The van der Waals surface area contributed by atoms with Crippen LogP contribution in [0.1, 0.15) is 0 Å². The molecule has 0 saturated carbocycles. The van der Waals surface area contributed by atoms with Gasteiger partial charge in [0.25, 0.3) is 0 Å². The zero-order chi connectivity index (χ0) is 24.5. The fourth-order valence-electron chi connectivity index (χ4n) is 6.63. The molecule has 7 aromatic rings. The summed E-state index contributed by atoms with van der Waals surface area (Å²) in [6.45, 7) is 0.166. The molecular weight excluding hydrogens is 445 g/mol. The summed E-state index contributed by atoms with van der Waals surface area (Å²) in [6, 6.07) is 47.0.